The Morgan fingerprint density at radius 1 is 1.12 bits per heavy atom. The summed E-state index contributed by atoms with van der Waals surface area (Å²) in [5.74, 6) is -0.0868. The molecule has 150 valence electrons. The molecule has 0 radical (unpaired) electrons. The highest BCUT2D eigenvalue weighted by Crippen LogP contribution is 2.18. The first-order chi connectivity index (χ1) is 11.5. The summed E-state index contributed by atoms with van der Waals surface area (Å²) in [5, 5.41) is 6.06. The molecular weight excluding hydrogens is 399 g/mol. The van der Waals surface area contributed by atoms with Crippen molar-refractivity contribution in [1.29, 1.82) is 0 Å². The first kappa shape index (κ1) is 25.1. The minimum absolute atomic E-state index is 0. The predicted molar refractivity (Wildman–Crippen MR) is 109 cm³/mol. The normalized spacial score (nSPS) is 15.0. The number of piperazine rings is 1. The third kappa shape index (κ3) is 6.68. The van der Waals surface area contributed by atoms with Gasteiger partial charge in [-0.2, -0.15) is 4.31 Å². The second kappa shape index (κ2) is 11.7. The van der Waals surface area contributed by atoms with Gasteiger partial charge in [-0.25, -0.2) is 8.42 Å². The van der Waals surface area contributed by atoms with Gasteiger partial charge >= 0.3 is 0 Å². The Hall–Kier alpha value is -0.900. The number of rotatable bonds is 7. The minimum Gasteiger partial charge on any atom is -0.325 e. The summed E-state index contributed by atoms with van der Waals surface area (Å²) in [6, 6.07) is 6.33. The summed E-state index contributed by atoms with van der Waals surface area (Å²) in [6.45, 7) is 8.34. The highest BCUT2D eigenvalue weighted by Gasteiger charge is 2.21. The van der Waals surface area contributed by atoms with Crippen LogP contribution in [0.5, 0.6) is 0 Å². The molecule has 1 heterocycles. The third-order valence-electron chi connectivity index (χ3n) is 4.06. The van der Waals surface area contributed by atoms with Gasteiger partial charge in [0.15, 0.2) is 0 Å². The number of hydrogen-bond acceptors (Lipinski definition) is 5. The molecule has 0 saturated carbocycles. The van der Waals surface area contributed by atoms with E-state index in [4.69, 9.17) is 0 Å². The standard InChI is InChI=1S/C16H26N4O3S.2ClH/c1-3-20(4-2)24(22,23)15-7-5-14(6-8-15)18-16(21)13-19-11-9-17-10-12-19;;/h5-8,17H,3-4,9-13H2,1-2H3,(H,18,21);2*1H. The zero-order chi connectivity index (χ0) is 17.6. The van der Waals surface area contributed by atoms with Gasteiger partial charge in [0.05, 0.1) is 11.4 Å². The topological polar surface area (TPSA) is 81.8 Å². The molecule has 0 spiro atoms. The van der Waals surface area contributed by atoms with Crippen molar-refractivity contribution in [2.45, 2.75) is 18.7 Å². The molecular formula is C16H28Cl2N4O3S. The zero-order valence-electron chi connectivity index (χ0n) is 15.1. The lowest BCUT2D eigenvalue weighted by Crippen LogP contribution is -2.46. The Bertz CT molecular complexity index is 646. The van der Waals surface area contributed by atoms with Crippen LogP contribution in [0.1, 0.15) is 13.8 Å². The van der Waals surface area contributed by atoms with Crippen molar-refractivity contribution < 1.29 is 13.2 Å². The SMILES string of the molecule is CCN(CC)S(=O)(=O)c1ccc(NC(=O)CN2CCNCC2)cc1.Cl.Cl. The Kier molecular flexibility index (Phi) is 11.3. The van der Waals surface area contributed by atoms with Crippen molar-refractivity contribution in [3.05, 3.63) is 24.3 Å². The molecule has 1 fully saturated rings. The lowest BCUT2D eigenvalue weighted by Gasteiger charge is -2.26. The average Bonchev–Trinajstić information content (AvgIpc) is 2.57. The van der Waals surface area contributed by atoms with Gasteiger partial charge in [-0.3, -0.25) is 9.69 Å². The van der Waals surface area contributed by atoms with Crippen LogP contribution in [0.25, 0.3) is 0 Å². The molecule has 0 aromatic heterocycles. The molecule has 2 rings (SSSR count). The predicted octanol–water partition coefficient (Wildman–Crippen LogP) is 1.40. The van der Waals surface area contributed by atoms with Gasteiger partial charge in [-0.15, -0.1) is 24.8 Å². The Morgan fingerprint density at radius 3 is 2.15 bits per heavy atom. The maximum absolute atomic E-state index is 12.4. The molecule has 0 unspecified atom stereocenters. The number of amides is 1. The van der Waals surface area contributed by atoms with Gasteiger partial charge in [-0.1, -0.05) is 13.8 Å². The number of carbonyl (C=O) groups is 1. The summed E-state index contributed by atoms with van der Waals surface area (Å²) in [7, 11) is -3.46. The quantitative estimate of drug-likeness (QED) is 0.688. The Balaban J connectivity index is 0.00000312. The van der Waals surface area contributed by atoms with Gasteiger partial charge in [0, 0.05) is 45.0 Å². The van der Waals surface area contributed by atoms with Gasteiger partial charge in [0.1, 0.15) is 0 Å². The molecule has 0 bridgehead atoms. The molecule has 0 atom stereocenters. The van der Waals surface area contributed by atoms with Gasteiger partial charge in [0.2, 0.25) is 15.9 Å². The van der Waals surface area contributed by atoms with E-state index in [2.05, 4.69) is 15.5 Å². The highest BCUT2D eigenvalue weighted by molar-refractivity contribution is 7.89. The van der Waals surface area contributed by atoms with Crippen LogP contribution in [-0.4, -0.2) is 69.3 Å². The van der Waals surface area contributed by atoms with Crippen LogP contribution in [0.3, 0.4) is 0 Å². The number of halogens is 2. The van der Waals surface area contributed by atoms with Gasteiger partial charge < -0.3 is 10.6 Å². The fourth-order valence-corrected chi connectivity index (χ4v) is 4.15. The summed E-state index contributed by atoms with van der Waals surface area (Å²) < 4.78 is 26.2. The Morgan fingerprint density at radius 2 is 1.65 bits per heavy atom. The van der Waals surface area contributed by atoms with Crippen LogP contribution in [0, 0.1) is 0 Å². The average molecular weight is 427 g/mol. The largest absolute Gasteiger partial charge is 0.325 e. The molecule has 1 amide bonds. The first-order valence-corrected chi connectivity index (χ1v) is 9.74. The molecule has 1 aliphatic rings. The van der Waals surface area contributed by atoms with Crippen molar-refractivity contribution in [2.75, 3.05) is 51.1 Å². The first-order valence-electron chi connectivity index (χ1n) is 8.30. The minimum atomic E-state index is -3.46. The number of sulfonamides is 1. The van der Waals surface area contributed by atoms with Crippen molar-refractivity contribution >= 4 is 46.4 Å². The summed E-state index contributed by atoms with van der Waals surface area (Å²) in [4.78, 5) is 14.4. The molecule has 10 heteroatoms. The zero-order valence-corrected chi connectivity index (χ0v) is 17.6. The van der Waals surface area contributed by atoms with E-state index in [0.717, 1.165) is 26.2 Å². The molecule has 2 N–H and O–H groups in total. The lowest BCUT2D eigenvalue weighted by molar-refractivity contribution is -0.117. The van der Waals surface area contributed by atoms with E-state index in [1.807, 2.05) is 13.8 Å². The number of hydrogen-bond donors (Lipinski definition) is 2. The van der Waals surface area contributed by atoms with Crippen LogP contribution in [0.4, 0.5) is 5.69 Å². The second-order valence-electron chi connectivity index (χ2n) is 5.69. The van der Waals surface area contributed by atoms with E-state index >= 15 is 0 Å². The summed E-state index contributed by atoms with van der Waals surface area (Å²) >= 11 is 0. The van der Waals surface area contributed by atoms with Gasteiger partial charge in [-0.05, 0) is 24.3 Å². The van der Waals surface area contributed by atoms with Gasteiger partial charge in [0.25, 0.3) is 0 Å². The van der Waals surface area contributed by atoms with E-state index in [1.165, 1.54) is 16.4 Å². The monoisotopic (exact) mass is 426 g/mol. The maximum Gasteiger partial charge on any atom is 0.243 e. The summed E-state index contributed by atoms with van der Waals surface area (Å²) in [5.41, 5.74) is 0.605. The Labute approximate surface area is 168 Å². The van der Waals surface area contributed by atoms with Crippen LogP contribution >= 0.6 is 24.8 Å². The third-order valence-corrected chi connectivity index (χ3v) is 6.12. The molecule has 0 aliphatic carbocycles. The van der Waals surface area contributed by atoms with Crippen molar-refractivity contribution in [3.63, 3.8) is 0 Å². The second-order valence-corrected chi connectivity index (χ2v) is 7.63. The van der Waals surface area contributed by atoms with E-state index < -0.39 is 10.0 Å². The number of anilines is 1. The maximum atomic E-state index is 12.4. The molecule has 7 nitrogen and oxygen atoms in total. The van der Waals surface area contributed by atoms with Crippen LogP contribution in [0.2, 0.25) is 0 Å². The fraction of sp³-hybridized carbons (Fsp3) is 0.562. The fourth-order valence-electron chi connectivity index (χ4n) is 2.70. The number of nitrogens with one attached hydrogen (secondary N) is 2. The summed E-state index contributed by atoms with van der Waals surface area (Å²) in [6.07, 6.45) is 0. The van der Waals surface area contributed by atoms with E-state index in [-0.39, 0.29) is 35.6 Å². The van der Waals surface area contributed by atoms with Crippen LogP contribution in [-0.2, 0) is 14.8 Å². The van der Waals surface area contributed by atoms with Crippen LogP contribution < -0.4 is 10.6 Å². The van der Waals surface area contributed by atoms with E-state index in [0.29, 0.717) is 25.3 Å². The van der Waals surface area contributed by atoms with Crippen molar-refractivity contribution in [2.24, 2.45) is 0 Å². The van der Waals surface area contributed by atoms with E-state index in [1.54, 1.807) is 12.1 Å². The molecule has 1 aromatic carbocycles. The lowest BCUT2D eigenvalue weighted by atomic mass is 10.3. The van der Waals surface area contributed by atoms with Crippen molar-refractivity contribution in [3.8, 4) is 0 Å². The smallest absolute Gasteiger partial charge is 0.243 e. The molecule has 26 heavy (non-hydrogen) atoms. The van der Waals surface area contributed by atoms with Crippen molar-refractivity contribution in [1.82, 2.24) is 14.5 Å². The molecule has 1 aliphatic heterocycles. The highest BCUT2D eigenvalue weighted by atomic mass is 35.5. The number of carbonyl (C=O) groups excluding carboxylic acids is 1. The van der Waals surface area contributed by atoms with E-state index in [9.17, 15) is 13.2 Å². The molecule has 1 aromatic rings. The molecule has 1 saturated heterocycles. The van der Waals surface area contributed by atoms with Crippen LogP contribution in [0.15, 0.2) is 29.2 Å². The number of benzene rings is 1. The number of nitrogens with zero attached hydrogens (tertiary/aromatic N) is 2.